The van der Waals surface area contributed by atoms with E-state index in [1.807, 2.05) is 23.7 Å². The van der Waals surface area contributed by atoms with Gasteiger partial charge in [-0.3, -0.25) is 0 Å². The summed E-state index contributed by atoms with van der Waals surface area (Å²) in [5.41, 5.74) is 3.17. The zero-order valence-corrected chi connectivity index (χ0v) is 8.28. The van der Waals surface area contributed by atoms with Gasteiger partial charge in [-0.2, -0.15) is 5.26 Å². The van der Waals surface area contributed by atoms with Gasteiger partial charge < -0.3 is 4.57 Å². The van der Waals surface area contributed by atoms with Crippen molar-refractivity contribution in [3.63, 3.8) is 0 Å². The summed E-state index contributed by atoms with van der Waals surface area (Å²) < 4.78 is 1.81. The minimum absolute atomic E-state index is 0.466. The summed E-state index contributed by atoms with van der Waals surface area (Å²) in [5.74, 6) is 0.466. The molecule has 0 aliphatic carbocycles. The molecule has 0 aliphatic rings. The third-order valence-corrected chi connectivity index (χ3v) is 2.45. The smallest absolute Gasteiger partial charge is 0.213 e. The molecule has 3 nitrogen and oxygen atoms in total. The number of hydrogen-bond donors (Lipinski definition) is 0. The topological polar surface area (TPSA) is 41.6 Å². The molecule has 0 spiro atoms. The van der Waals surface area contributed by atoms with Crippen LogP contribution < -0.4 is 0 Å². The van der Waals surface area contributed by atoms with Crippen LogP contribution in [-0.4, -0.2) is 9.55 Å². The summed E-state index contributed by atoms with van der Waals surface area (Å²) >= 11 is 0. The van der Waals surface area contributed by atoms with Crippen LogP contribution in [0.25, 0.3) is 11.0 Å². The largest absolute Gasteiger partial charge is 0.319 e. The van der Waals surface area contributed by atoms with Crippen LogP contribution in [0, 0.1) is 11.3 Å². The molecule has 70 valence electrons. The number of nitriles is 1. The fraction of sp³-hybridized carbons (Fsp3) is 0.273. The predicted octanol–water partition coefficient (Wildman–Crippen LogP) is 2.01. The first-order chi connectivity index (χ1) is 6.76. The number of aromatic nitrogens is 2. The van der Waals surface area contributed by atoms with Crippen molar-refractivity contribution in [3.8, 4) is 6.07 Å². The Kier molecular flexibility index (Phi) is 1.97. The summed E-state index contributed by atoms with van der Waals surface area (Å²) in [6.07, 6.45) is 0.994. The van der Waals surface area contributed by atoms with Gasteiger partial charge >= 0.3 is 0 Å². The molecule has 0 saturated carbocycles. The zero-order chi connectivity index (χ0) is 10.1. The molecule has 3 heteroatoms. The van der Waals surface area contributed by atoms with Crippen LogP contribution >= 0.6 is 0 Å². The van der Waals surface area contributed by atoms with Crippen molar-refractivity contribution in [1.82, 2.24) is 9.55 Å². The summed E-state index contributed by atoms with van der Waals surface area (Å²) in [4.78, 5) is 4.24. The first kappa shape index (κ1) is 8.76. The standard InChI is InChI=1S/C11H11N3/c1-3-8-4-5-10-9(6-8)13-11(7-12)14(10)2/h4-6H,3H2,1-2H3. The maximum atomic E-state index is 8.81. The van der Waals surface area contributed by atoms with Crippen LogP contribution in [0.4, 0.5) is 0 Å². The van der Waals surface area contributed by atoms with Crippen molar-refractivity contribution < 1.29 is 0 Å². The van der Waals surface area contributed by atoms with Crippen molar-refractivity contribution in [3.05, 3.63) is 29.6 Å². The molecule has 0 bridgehead atoms. The maximum absolute atomic E-state index is 8.81. The van der Waals surface area contributed by atoms with Gasteiger partial charge in [-0.1, -0.05) is 13.0 Å². The highest BCUT2D eigenvalue weighted by atomic mass is 15.1. The van der Waals surface area contributed by atoms with Crippen LogP contribution in [0.1, 0.15) is 18.3 Å². The molecule has 1 heterocycles. The molecule has 0 fully saturated rings. The van der Waals surface area contributed by atoms with Crippen molar-refractivity contribution in [2.45, 2.75) is 13.3 Å². The molecule has 0 unspecified atom stereocenters. The lowest BCUT2D eigenvalue weighted by Crippen LogP contribution is -1.91. The predicted molar refractivity (Wildman–Crippen MR) is 54.8 cm³/mol. The molecule has 1 aromatic heterocycles. The van der Waals surface area contributed by atoms with Gasteiger partial charge in [0.1, 0.15) is 6.07 Å². The Morgan fingerprint density at radius 1 is 1.50 bits per heavy atom. The number of benzene rings is 1. The molecule has 0 saturated heterocycles. The highest BCUT2D eigenvalue weighted by Gasteiger charge is 2.06. The highest BCUT2D eigenvalue weighted by molar-refractivity contribution is 5.77. The van der Waals surface area contributed by atoms with Gasteiger partial charge in [-0.25, -0.2) is 4.98 Å². The minimum atomic E-state index is 0.466. The monoisotopic (exact) mass is 185 g/mol. The lowest BCUT2D eigenvalue weighted by atomic mass is 10.1. The van der Waals surface area contributed by atoms with Gasteiger partial charge in [-0.05, 0) is 24.1 Å². The first-order valence-electron chi connectivity index (χ1n) is 4.61. The van der Waals surface area contributed by atoms with Gasteiger partial charge in [0.25, 0.3) is 0 Å². The van der Waals surface area contributed by atoms with Crippen molar-refractivity contribution in [1.29, 1.82) is 5.26 Å². The van der Waals surface area contributed by atoms with Crippen LogP contribution in [0.15, 0.2) is 18.2 Å². The van der Waals surface area contributed by atoms with Gasteiger partial charge in [-0.15, -0.1) is 0 Å². The van der Waals surface area contributed by atoms with E-state index in [1.165, 1.54) is 5.56 Å². The van der Waals surface area contributed by atoms with Crippen LogP contribution in [0.2, 0.25) is 0 Å². The molecular weight excluding hydrogens is 174 g/mol. The van der Waals surface area contributed by atoms with Crippen LogP contribution in [0.3, 0.4) is 0 Å². The Morgan fingerprint density at radius 3 is 2.93 bits per heavy atom. The fourth-order valence-electron chi connectivity index (χ4n) is 1.57. The first-order valence-corrected chi connectivity index (χ1v) is 4.61. The molecule has 0 amide bonds. The van der Waals surface area contributed by atoms with E-state index in [1.54, 1.807) is 0 Å². The van der Waals surface area contributed by atoms with E-state index < -0.39 is 0 Å². The van der Waals surface area contributed by atoms with E-state index in [4.69, 9.17) is 5.26 Å². The van der Waals surface area contributed by atoms with E-state index >= 15 is 0 Å². The van der Waals surface area contributed by atoms with E-state index in [0.29, 0.717) is 5.82 Å². The van der Waals surface area contributed by atoms with Gasteiger partial charge in [0, 0.05) is 7.05 Å². The third kappa shape index (κ3) is 1.16. The highest BCUT2D eigenvalue weighted by Crippen LogP contribution is 2.16. The number of fused-ring (bicyclic) bond motifs is 1. The van der Waals surface area contributed by atoms with E-state index in [9.17, 15) is 0 Å². The van der Waals surface area contributed by atoms with Gasteiger partial charge in [0.2, 0.25) is 5.82 Å². The lowest BCUT2D eigenvalue weighted by molar-refractivity contribution is 0.920. The van der Waals surface area contributed by atoms with Crippen LogP contribution in [0.5, 0.6) is 0 Å². The van der Waals surface area contributed by atoms with Gasteiger partial charge in [0.05, 0.1) is 11.0 Å². The lowest BCUT2D eigenvalue weighted by Gasteiger charge is -1.97. The normalized spacial score (nSPS) is 10.4. The maximum Gasteiger partial charge on any atom is 0.213 e. The number of hydrogen-bond acceptors (Lipinski definition) is 2. The number of imidazole rings is 1. The Morgan fingerprint density at radius 2 is 2.29 bits per heavy atom. The van der Waals surface area contributed by atoms with E-state index in [2.05, 4.69) is 24.0 Å². The quantitative estimate of drug-likeness (QED) is 0.682. The fourth-order valence-corrected chi connectivity index (χ4v) is 1.57. The summed E-state index contributed by atoms with van der Waals surface area (Å²) in [6.45, 7) is 2.11. The number of nitrogens with zero attached hydrogens (tertiary/aromatic N) is 3. The van der Waals surface area contributed by atoms with Crippen molar-refractivity contribution in [2.75, 3.05) is 0 Å². The molecule has 0 radical (unpaired) electrons. The van der Waals surface area contributed by atoms with Gasteiger partial charge in [0.15, 0.2) is 0 Å². The van der Waals surface area contributed by atoms with Crippen molar-refractivity contribution in [2.24, 2.45) is 7.05 Å². The number of rotatable bonds is 1. The van der Waals surface area contributed by atoms with E-state index in [-0.39, 0.29) is 0 Å². The number of aryl methyl sites for hydroxylation is 2. The van der Waals surface area contributed by atoms with E-state index in [0.717, 1.165) is 17.5 Å². The molecule has 14 heavy (non-hydrogen) atoms. The second-order valence-corrected chi connectivity index (χ2v) is 3.28. The Balaban J connectivity index is 2.74. The van der Waals surface area contributed by atoms with Crippen LogP contribution in [-0.2, 0) is 13.5 Å². The third-order valence-electron chi connectivity index (χ3n) is 2.45. The summed E-state index contributed by atoms with van der Waals surface area (Å²) in [5, 5.41) is 8.81. The molecular formula is C11H11N3. The summed E-state index contributed by atoms with van der Waals surface area (Å²) in [6, 6.07) is 8.20. The second kappa shape index (κ2) is 3.15. The van der Waals surface area contributed by atoms with Crippen molar-refractivity contribution >= 4 is 11.0 Å². The molecule has 1 aromatic carbocycles. The Labute approximate surface area is 82.6 Å². The Hall–Kier alpha value is -1.82. The summed E-state index contributed by atoms with van der Waals surface area (Å²) in [7, 11) is 1.86. The molecule has 2 aromatic rings. The SMILES string of the molecule is CCc1ccc2c(c1)nc(C#N)n2C. The molecule has 0 atom stereocenters. The minimum Gasteiger partial charge on any atom is -0.319 e. The molecule has 2 rings (SSSR count). The second-order valence-electron chi connectivity index (χ2n) is 3.28. The average Bonchev–Trinajstić information content (AvgIpc) is 2.55. The molecule has 0 aliphatic heterocycles. The average molecular weight is 185 g/mol. The Bertz CT molecular complexity index is 517. The molecule has 0 N–H and O–H groups in total. The zero-order valence-electron chi connectivity index (χ0n) is 8.28.